The number of carbonyl (C=O) groups is 1. The van der Waals surface area contributed by atoms with Crippen LogP contribution in [-0.4, -0.2) is 20.7 Å². The standard InChI is InChI=1S/C16H16N4O/c1-3-15(21)18-12-9-14-11(2)19-20(16(14)17-10-12)13-7-5-4-6-8-13/h4-10H,3H2,1-2H3,(H,18,21). The molecule has 0 bridgehead atoms. The highest BCUT2D eigenvalue weighted by Crippen LogP contribution is 2.22. The molecular weight excluding hydrogens is 264 g/mol. The van der Waals surface area contributed by atoms with Crippen LogP contribution in [0.3, 0.4) is 0 Å². The van der Waals surface area contributed by atoms with Gasteiger partial charge in [-0.05, 0) is 25.1 Å². The molecule has 0 spiro atoms. The number of amides is 1. The summed E-state index contributed by atoms with van der Waals surface area (Å²) >= 11 is 0. The van der Waals surface area contributed by atoms with E-state index in [9.17, 15) is 4.79 Å². The number of benzene rings is 1. The van der Waals surface area contributed by atoms with Gasteiger partial charge in [-0.15, -0.1) is 0 Å². The summed E-state index contributed by atoms with van der Waals surface area (Å²) in [5.41, 5.74) is 3.33. The third kappa shape index (κ3) is 2.50. The SMILES string of the molecule is CCC(=O)Nc1cnc2c(c1)c(C)nn2-c1ccccc1. The first-order valence-corrected chi connectivity index (χ1v) is 6.89. The number of anilines is 1. The van der Waals surface area contributed by atoms with E-state index in [2.05, 4.69) is 15.4 Å². The molecule has 0 unspecified atom stereocenters. The van der Waals surface area contributed by atoms with Gasteiger partial charge in [0.25, 0.3) is 0 Å². The van der Waals surface area contributed by atoms with Crippen LogP contribution in [0.4, 0.5) is 5.69 Å². The average Bonchev–Trinajstić information content (AvgIpc) is 2.85. The number of aromatic nitrogens is 3. The lowest BCUT2D eigenvalue weighted by Gasteiger charge is -2.04. The van der Waals surface area contributed by atoms with Crippen molar-refractivity contribution < 1.29 is 4.79 Å². The van der Waals surface area contributed by atoms with E-state index >= 15 is 0 Å². The highest BCUT2D eigenvalue weighted by atomic mass is 16.1. The highest BCUT2D eigenvalue weighted by molar-refractivity contribution is 5.93. The first kappa shape index (κ1) is 13.3. The summed E-state index contributed by atoms with van der Waals surface area (Å²) < 4.78 is 1.82. The third-order valence-corrected chi connectivity index (χ3v) is 3.31. The van der Waals surface area contributed by atoms with Crippen LogP contribution in [0.2, 0.25) is 0 Å². The highest BCUT2D eigenvalue weighted by Gasteiger charge is 2.11. The first-order valence-electron chi connectivity index (χ1n) is 6.89. The fourth-order valence-corrected chi connectivity index (χ4v) is 2.21. The van der Waals surface area contributed by atoms with Crippen molar-refractivity contribution in [1.29, 1.82) is 0 Å². The smallest absolute Gasteiger partial charge is 0.224 e. The van der Waals surface area contributed by atoms with Crippen LogP contribution in [0.5, 0.6) is 0 Å². The molecule has 1 aromatic carbocycles. The zero-order chi connectivity index (χ0) is 14.8. The predicted molar refractivity (Wildman–Crippen MR) is 82.5 cm³/mol. The van der Waals surface area contributed by atoms with Crippen LogP contribution in [0.1, 0.15) is 19.0 Å². The number of fused-ring (bicyclic) bond motifs is 1. The number of carbonyl (C=O) groups excluding carboxylic acids is 1. The molecule has 0 saturated heterocycles. The first-order chi connectivity index (χ1) is 10.2. The molecule has 106 valence electrons. The second-order valence-corrected chi connectivity index (χ2v) is 4.83. The molecule has 3 rings (SSSR count). The molecule has 3 aromatic rings. The Morgan fingerprint density at radius 3 is 2.76 bits per heavy atom. The van der Waals surface area contributed by atoms with E-state index < -0.39 is 0 Å². The largest absolute Gasteiger partial charge is 0.325 e. The topological polar surface area (TPSA) is 59.8 Å². The fourth-order valence-electron chi connectivity index (χ4n) is 2.21. The Hall–Kier alpha value is -2.69. The summed E-state index contributed by atoms with van der Waals surface area (Å²) in [5.74, 6) is -0.0238. The van der Waals surface area contributed by atoms with Gasteiger partial charge in [-0.3, -0.25) is 4.79 Å². The van der Waals surface area contributed by atoms with Crippen LogP contribution in [0, 0.1) is 6.92 Å². The molecule has 5 nitrogen and oxygen atoms in total. The Kier molecular flexibility index (Phi) is 3.39. The van der Waals surface area contributed by atoms with Crippen molar-refractivity contribution in [2.45, 2.75) is 20.3 Å². The van der Waals surface area contributed by atoms with Crippen molar-refractivity contribution in [3.05, 3.63) is 48.3 Å². The zero-order valence-corrected chi connectivity index (χ0v) is 12.0. The summed E-state index contributed by atoms with van der Waals surface area (Å²) in [5, 5.41) is 8.30. The van der Waals surface area contributed by atoms with Crippen molar-refractivity contribution >= 4 is 22.6 Å². The molecule has 2 aromatic heterocycles. The molecule has 0 aliphatic rings. The molecule has 1 amide bonds. The van der Waals surface area contributed by atoms with Gasteiger partial charge in [0.15, 0.2) is 5.65 Å². The third-order valence-electron chi connectivity index (χ3n) is 3.31. The lowest BCUT2D eigenvalue weighted by Crippen LogP contribution is -2.09. The van der Waals surface area contributed by atoms with E-state index in [-0.39, 0.29) is 5.91 Å². The lowest BCUT2D eigenvalue weighted by atomic mass is 10.2. The number of hydrogen-bond acceptors (Lipinski definition) is 3. The summed E-state index contributed by atoms with van der Waals surface area (Å²) in [4.78, 5) is 15.9. The molecule has 0 fully saturated rings. The van der Waals surface area contributed by atoms with E-state index in [0.717, 1.165) is 22.4 Å². The van der Waals surface area contributed by atoms with Crippen LogP contribution in [0.15, 0.2) is 42.6 Å². The number of pyridine rings is 1. The van der Waals surface area contributed by atoms with Crippen LogP contribution < -0.4 is 5.32 Å². The quantitative estimate of drug-likeness (QED) is 0.802. The Morgan fingerprint density at radius 2 is 2.05 bits per heavy atom. The normalized spacial score (nSPS) is 10.8. The molecule has 2 heterocycles. The van der Waals surface area contributed by atoms with Gasteiger partial charge < -0.3 is 5.32 Å². The maximum atomic E-state index is 11.5. The molecule has 0 aliphatic carbocycles. The molecule has 1 N–H and O–H groups in total. The van der Waals surface area contributed by atoms with Gasteiger partial charge in [-0.25, -0.2) is 9.67 Å². The average molecular weight is 280 g/mol. The van der Waals surface area contributed by atoms with Crippen LogP contribution in [0.25, 0.3) is 16.7 Å². The van der Waals surface area contributed by atoms with Crippen molar-refractivity contribution in [1.82, 2.24) is 14.8 Å². The Morgan fingerprint density at radius 1 is 1.29 bits per heavy atom. The fraction of sp³-hybridized carbons (Fsp3) is 0.188. The minimum atomic E-state index is -0.0238. The maximum Gasteiger partial charge on any atom is 0.224 e. The van der Waals surface area contributed by atoms with Gasteiger partial charge in [0.05, 0.1) is 23.3 Å². The van der Waals surface area contributed by atoms with E-state index in [1.54, 1.807) is 6.20 Å². The summed E-state index contributed by atoms with van der Waals surface area (Å²) in [6.45, 7) is 3.76. The van der Waals surface area contributed by atoms with Crippen molar-refractivity contribution in [3.8, 4) is 5.69 Å². The minimum absolute atomic E-state index is 0.0238. The minimum Gasteiger partial charge on any atom is -0.325 e. The van der Waals surface area contributed by atoms with Crippen molar-refractivity contribution in [2.75, 3.05) is 5.32 Å². The Bertz CT molecular complexity index is 793. The van der Waals surface area contributed by atoms with Crippen LogP contribution >= 0.6 is 0 Å². The van der Waals surface area contributed by atoms with Crippen LogP contribution in [-0.2, 0) is 4.79 Å². The van der Waals surface area contributed by atoms with E-state index in [4.69, 9.17) is 0 Å². The van der Waals surface area contributed by atoms with E-state index in [0.29, 0.717) is 12.1 Å². The Labute approximate surface area is 122 Å². The number of aryl methyl sites for hydroxylation is 1. The second kappa shape index (κ2) is 5.36. The zero-order valence-electron chi connectivity index (χ0n) is 12.0. The number of rotatable bonds is 3. The van der Waals surface area contributed by atoms with Gasteiger partial charge in [-0.2, -0.15) is 5.10 Å². The number of nitrogens with one attached hydrogen (secondary N) is 1. The van der Waals surface area contributed by atoms with Crippen molar-refractivity contribution in [3.63, 3.8) is 0 Å². The number of nitrogens with zero attached hydrogens (tertiary/aromatic N) is 3. The summed E-state index contributed by atoms with van der Waals surface area (Å²) in [6.07, 6.45) is 2.11. The van der Waals surface area contributed by atoms with E-state index in [1.807, 2.05) is 54.9 Å². The molecule has 0 atom stereocenters. The molecular formula is C16H16N4O. The van der Waals surface area contributed by atoms with Gasteiger partial charge in [-0.1, -0.05) is 25.1 Å². The molecule has 0 aliphatic heterocycles. The maximum absolute atomic E-state index is 11.5. The lowest BCUT2D eigenvalue weighted by molar-refractivity contribution is -0.115. The number of para-hydroxylation sites is 1. The summed E-state index contributed by atoms with van der Waals surface area (Å²) in [7, 11) is 0. The molecule has 21 heavy (non-hydrogen) atoms. The van der Waals surface area contributed by atoms with Gasteiger partial charge in [0.2, 0.25) is 5.91 Å². The van der Waals surface area contributed by atoms with Gasteiger partial charge in [0.1, 0.15) is 0 Å². The molecule has 0 radical (unpaired) electrons. The molecule has 0 saturated carbocycles. The molecule has 5 heteroatoms. The van der Waals surface area contributed by atoms with Crippen molar-refractivity contribution in [2.24, 2.45) is 0 Å². The van der Waals surface area contributed by atoms with Gasteiger partial charge in [0, 0.05) is 11.8 Å². The van der Waals surface area contributed by atoms with E-state index in [1.165, 1.54) is 0 Å². The monoisotopic (exact) mass is 280 g/mol. The second-order valence-electron chi connectivity index (χ2n) is 4.83. The summed E-state index contributed by atoms with van der Waals surface area (Å²) in [6, 6.07) is 11.8. The Balaban J connectivity index is 2.08. The predicted octanol–water partition coefficient (Wildman–Crippen LogP) is 3.08. The number of hydrogen-bond donors (Lipinski definition) is 1. The van der Waals surface area contributed by atoms with Gasteiger partial charge >= 0.3 is 0 Å².